The summed E-state index contributed by atoms with van der Waals surface area (Å²) in [6.45, 7) is 28.3. The molecule has 28 nitrogen and oxygen atoms in total. The van der Waals surface area contributed by atoms with Gasteiger partial charge >= 0.3 is 6.09 Å². The highest BCUT2D eigenvalue weighted by Gasteiger charge is 2.50. The van der Waals surface area contributed by atoms with Crippen molar-refractivity contribution in [2.45, 2.75) is 234 Å². The summed E-state index contributed by atoms with van der Waals surface area (Å²) in [7, 11) is 10.1. The van der Waals surface area contributed by atoms with Crippen molar-refractivity contribution in [2.75, 3.05) is 82.1 Å². The first-order valence-corrected chi connectivity index (χ1v) is 34.3. The average Bonchev–Trinajstić information content (AvgIpc) is 1.13. The van der Waals surface area contributed by atoms with Crippen LogP contribution in [0.2, 0.25) is 0 Å². The number of nitrogens with one attached hydrogen (secondary N) is 4. The van der Waals surface area contributed by atoms with Gasteiger partial charge < -0.3 is 80.3 Å². The fraction of sp³-hybridized carbons (Fsp3) is 0.794. The number of allylic oxidation sites excluding steroid dienone is 2. The standard InChI is InChI=1S/C68H119N13O15/c1-24-26-27-42(13)56(83)55-60(87)71-47(25-2)62(89)81-36-46(96-68(95)80-30-28-73(17)29-31-80)35-51(81)65(92)78(22)54(45(16)82)59(86)72-52(40(9)10)66(93)74(18)48(32-37(3)4)58(85)69-43(14)57(84)70-44(15)61(88)75(19)49(33-38(5)6)63(90)76(20)50(34-39(7)8)64(91)77(21)53(41(11)12)67(94)79(55)23/h24,26,37-56,82-83H,25,27-36H2,1-23H3,(H,69,85)(H,70,84)(H,71,87)(H,72,86)/b26-24+/t42-,43+,44-,45-,46?,47+,48+,49+,50+,51-,52+,53+,54?,55+,56-/m1/s1. The number of hydrogen-bond donors (Lipinski definition) is 6. The normalized spacial score (nSPS) is 28.7. The van der Waals surface area contributed by atoms with Gasteiger partial charge in [0.05, 0.1) is 18.8 Å². The fourth-order valence-corrected chi connectivity index (χ4v) is 12.8. The summed E-state index contributed by atoms with van der Waals surface area (Å²) >= 11 is 0. The number of carbonyl (C=O) groups is 12. The van der Waals surface area contributed by atoms with Crippen LogP contribution in [-0.2, 0) is 57.5 Å². The molecule has 3 aliphatic heterocycles. The topological polar surface area (TPSA) is 332 Å². The Morgan fingerprint density at radius 2 is 0.990 bits per heavy atom. The summed E-state index contributed by atoms with van der Waals surface area (Å²) in [5.41, 5.74) is 0. The lowest BCUT2D eigenvalue weighted by atomic mass is 9.91. The summed E-state index contributed by atoms with van der Waals surface area (Å²) in [5.74, 6) is -11.2. The second kappa shape index (κ2) is 37.1. The molecule has 6 N–H and O–H groups in total. The van der Waals surface area contributed by atoms with Gasteiger partial charge in [-0.3, -0.25) is 52.7 Å². The number of nitrogens with zero attached hydrogens (tertiary/aromatic N) is 9. The third-order valence-electron chi connectivity index (χ3n) is 18.8. The molecule has 0 aliphatic carbocycles. The van der Waals surface area contributed by atoms with Crippen molar-refractivity contribution in [1.29, 1.82) is 0 Å². The number of hydrogen-bond acceptors (Lipinski definition) is 16. The van der Waals surface area contributed by atoms with Crippen LogP contribution in [0.1, 0.15) is 149 Å². The molecule has 0 saturated carbocycles. The van der Waals surface area contributed by atoms with Crippen LogP contribution in [0.5, 0.6) is 0 Å². The minimum atomic E-state index is -1.73. The molecule has 12 amide bonds. The molecule has 3 aliphatic rings. The summed E-state index contributed by atoms with van der Waals surface area (Å²) in [6, 6.07) is -15.3. The number of ether oxygens (including phenoxy) is 1. The van der Waals surface area contributed by atoms with E-state index in [4.69, 9.17) is 4.74 Å². The van der Waals surface area contributed by atoms with Crippen molar-refractivity contribution >= 4 is 71.1 Å². The van der Waals surface area contributed by atoms with E-state index in [2.05, 4.69) is 21.3 Å². The lowest BCUT2D eigenvalue weighted by Crippen LogP contribution is -2.64. The second-order valence-corrected chi connectivity index (χ2v) is 28.9. The average molecular weight is 1360 g/mol. The number of likely N-dealkylation sites (N-methyl/N-ethyl adjacent to an activating group) is 7. The maximum absolute atomic E-state index is 15.4. The Labute approximate surface area is 570 Å². The van der Waals surface area contributed by atoms with Crippen LogP contribution >= 0.6 is 0 Å². The Morgan fingerprint density at radius 3 is 1.48 bits per heavy atom. The molecule has 3 fully saturated rings. The minimum Gasteiger partial charge on any atom is -0.444 e. The van der Waals surface area contributed by atoms with E-state index in [0.29, 0.717) is 26.2 Å². The quantitative estimate of drug-likeness (QED) is 0.127. The Morgan fingerprint density at radius 1 is 0.521 bits per heavy atom. The summed E-state index contributed by atoms with van der Waals surface area (Å²) in [6.07, 6.45) is -1.29. The van der Waals surface area contributed by atoms with E-state index in [1.165, 1.54) is 82.7 Å². The maximum atomic E-state index is 15.4. The molecule has 28 heteroatoms. The molecule has 96 heavy (non-hydrogen) atoms. The van der Waals surface area contributed by atoms with Crippen LogP contribution in [0.4, 0.5) is 4.79 Å². The third kappa shape index (κ3) is 21.5. The zero-order chi connectivity index (χ0) is 73.4. The second-order valence-electron chi connectivity index (χ2n) is 28.9. The molecule has 0 aromatic heterocycles. The SMILES string of the molecule is C/C=C/C[C@@H](C)[C@@H](O)[C@H]1C(=O)N[C@@H](CC)C(=O)N2CC(OC(=O)N3CCN(C)CC3)C[C@@H]2C(=O)N(C)C([C@@H](C)O)C(=O)N[C@@H](C(C)C)C(=O)N(C)[C@@H](CC(C)C)C(=O)N[C@@H](C)C(=O)N[C@H](C)C(=O)N(C)[C@@H](CC(C)C)C(=O)N(C)[C@@H](CC(C)C)C(=O)N(C)[C@@H](C(C)C)C(=O)N1C. The molecule has 3 rings (SSSR count). The number of rotatable bonds is 15. The minimum absolute atomic E-state index is 0.0883. The largest absolute Gasteiger partial charge is 0.444 e. The Bertz CT molecular complexity index is 2740. The molecule has 0 bridgehead atoms. The smallest absolute Gasteiger partial charge is 0.410 e. The van der Waals surface area contributed by atoms with Gasteiger partial charge in [-0.15, -0.1) is 0 Å². The fourth-order valence-electron chi connectivity index (χ4n) is 12.8. The summed E-state index contributed by atoms with van der Waals surface area (Å²) < 4.78 is 6.02. The highest BCUT2D eigenvalue weighted by atomic mass is 16.6. The van der Waals surface area contributed by atoms with Gasteiger partial charge in [0.2, 0.25) is 65.0 Å². The number of carbonyl (C=O) groups excluding carboxylic acids is 12. The molecule has 2 unspecified atom stereocenters. The number of piperazine rings is 1. The number of aliphatic hydroxyl groups excluding tert-OH is 2. The van der Waals surface area contributed by atoms with Crippen LogP contribution in [0.25, 0.3) is 0 Å². The molecular weight excluding hydrogens is 1240 g/mol. The molecular formula is C68H119N13O15. The van der Waals surface area contributed by atoms with E-state index in [-0.39, 0.29) is 62.8 Å². The maximum Gasteiger partial charge on any atom is 0.410 e. The molecule has 546 valence electrons. The molecule has 0 aromatic rings. The predicted octanol–water partition coefficient (Wildman–Crippen LogP) is 1.50. The predicted molar refractivity (Wildman–Crippen MR) is 362 cm³/mol. The number of aliphatic hydroxyl groups is 2. The first-order chi connectivity index (χ1) is 44.6. The van der Waals surface area contributed by atoms with Gasteiger partial charge in [0.15, 0.2) is 0 Å². The van der Waals surface area contributed by atoms with Gasteiger partial charge in [-0.05, 0) is 102 Å². The lowest BCUT2D eigenvalue weighted by molar-refractivity contribution is -0.157. The molecule has 15 atom stereocenters. The van der Waals surface area contributed by atoms with Crippen LogP contribution < -0.4 is 21.3 Å². The van der Waals surface area contributed by atoms with Crippen LogP contribution in [0.15, 0.2) is 12.2 Å². The Hall–Kier alpha value is -6.94. The molecule has 3 saturated heterocycles. The van der Waals surface area contributed by atoms with E-state index in [1.54, 1.807) is 60.6 Å². The Kier molecular flexibility index (Phi) is 32.2. The Balaban J connectivity index is 2.40. The first-order valence-electron chi connectivity index (χ1n) is 34.3. The zero-order valence-corrected chi connectivity index (χ0v) is 61.7. The molecule has 3 heterocycles. The van der Waals surface area contributed by atoms with E-state index in [1.807, 2.05) is 53.5 Å². The highest BCUT2D eigenvalue weighted by molar-refractivity contribution is 6.00. The van der Waals surface area contributed by atoms with Crippen molar-refractivity contribution in [3.8, 4) is 0 Å². The van der Waals surface area contributed by atoms with Gasteiger partial charge in [0.1, 0.15) is 72.6 Å². The zero-order valence-electron chi connectivity index (χ0n) is 61.7. The monoisotopic (exact) mass is 1360 g/mol. The van der Waals surface area contributed by atoms with E-state index < -0.39 is 174 Å². The van der Waals surface area contributed by atoms with Gasteiger partial charge in [0, 0.05) is 74.9 Å². The summed E-state index contributed by atoms with van der Waals surface area (Å²) in [5, 5.41) is 34.6. The van der Waals surface area contributed by atoms with Crippen LogP contribution in [0, 0.1) is 35.5 Å². The van der Waals surface area contributed by atoms with Crippen molar-refractivity contribution in [1.82, 2.24) is 65.4 Å². The third-order valence-corrected chi connectivity index (χ3v) is 18.8. The van der Waals surface area contributed by atoms with E-state index >= 15 is 28.8 Å². The van der Waals surface area contributed by atoms with Gasteiger partial charge in [-0.2, -0.15) is 0 Å². The van der Waals surface area contributed by atoms with Crippen molar-refractivity contribution < 1.29 is 72.5 Å². The van der Waals surface area contributed by atoms with Crippen LogP contribution in [-0.4, -0.2) is 292 Å². The van der Waals surface area contributed by atoms with Crippen molar-refractivity contribution in [3.63, 3.8) is 0 Å². The lowest BCUT2D eigenvalue weighted by Gasteiger charge is -2.41. The van der Waals surface area contributed by atoms with E-state index in [0.717, 1.165) is 19.6 Å². The highest BCUT2D eigenvalue weighted by Crippen LogP contribution is 2.29. The van der Waals surface area contributed by atoms with Crippen molar-refractivity contribution in [2.24, 2.45) is 35.5 Å². The van der Waals surface area contributed by atoms with E-state index in [9.17, 15) is 39.0 Å². The number of fused-ring (bicyclic) bond motifs is 1. The molecule has 0 aromatic carbocycles. The number of amides is 12. The first kappa shape index (κ1) is 83.3. The van der Waals surface area contributed by atoms with Crippen LogP contribution in [0.3, 0.4) is 0 Å². The molecule has 0 spiro atoms. The molecule has 0 radical (unpaired) electrons. The summed E-state index contributed by atoms with van der Waals surface area (Å²) in [4.78, 5) is 189. The van der Waals surface area contributed by atoms with Gasteiger partial charge in [-0.25, -0.2) is 4.79 Å². The van der Waals surface area contributed by atoms with Gasteiger partial charge in [-0.1, -0.05) is 95.2 Å². The van der Waals surface area contributed by atoms with Gasteiger partial charge in [0.25, 0.3) is 0 Å². The van der Waals surface area contributed by atoms with Crippen molar-refractivity contribution in [3.05, 3.63) is 12.2 Å².